The summed E-state index contributed by atoms with van der Waals surface area (Å²) in [5.74, 6) is 0. The molecule has 0 radical (unpaired) electrons. The fourth-order valence-electron chi connectivity index (χ4n) is 2.21. The summed E-state index contributed by atoms with van der Waals surface area (Å²) < 4.78 is 4.12. The maximum Gasteiger partial charge on any atom is 0.0743 e. The highest BCUT2D eigenvalue weighted by Gasteiger charge is 2.15. The Balaban J connectivity index is 2.52. The van der Waals surface area contributed by atoms with Gasteiger partial charge in [0.05, 0.1) is 21.5 Å². The van der Waals surface area contributed by atoms with Crippen LogP contribution in [0.4, 0.5) is 0 Å². The molecule has 0 spiro atoms. The molecule has 0 saturated heterocycles. The topological polar surface area (TPSA) is 43.8 Å². The average molecular weight is 401 g/mol. The molecule has 0 bridgehead atoms. The third-order valence-corrected chi connectivity index (χ3v) is 5.12. The van der Waals surface area contributed by atoms with Gasteiger partial charge in [-0.05, 0) is 66.4 Å². The highest BCUT2D eigenvalue weighted by atomic mass is 79.9. The summed E-state index contributed by atoms with van der Waals surface area (Å²) in [7, 11) is 0. The largest absolute Gasteiger partial charge is 0.327 e. The molecule has 108 valence electrons. The van der Waals surface area contributed by atoms with Crippen LogP contribution in [0, 0.1) is 13.8 Å². The molecule has 1 heterocycles. The molecule has 0 amide bonds. The fourth-order valence-corrected chi connectivity index (χ4v) is 2.86. The molecular weight excluding hydrogens is 382 g/mol. The summed E-state index contributed by atoms with van der Waals surface area (Å²) in [6.07, 6.45) is 1.81. The van der Waals surface area contributed by atoms with Gasteiger partial charge in [-0.1, -0.05) is 22.9 Å². The van der Waals surface area contributed by atoms with Crippen LogP contribution < -0.4 is 5.73 Å². The van der Waals surface area contributed by atoms with Crippen LogP contribution in [0.2, 0.25) is 0 Å². The van der Waals surface area contributed by atoms with Crippen LogP contribution >= 0.6 is 31.9 Å². The minimum atomic E-state index is 0.170. The molecule has 0 fully saturated rings. The van der Waals surface area contributed by atoms with Gasteiger partial charge in [0.25, 0.3) is 0 Å². The van der Waals surface area contributed by atoms with Crippen LogP contribution in [0.5, 0.6) is 0 Å². The van der Waals surface area contributed by atoms with Gasteiger partial charge in [0, 0.05) is 10.5 Å². The van der Waals surface area contributed by atoms with Crippen molar-refractivity contribution in [2.45, 2.75) is 39.7 Å². The maximum absolute atomic E-state index is 6.12. The van der Waals surface area contributed by atoms with E-state index < -0.39 is 0 Å². The van der Waals surface area contributed by atoms with Crippen molar-refractivity contribution in [1.82, 2.24) is 9.78 Å². The molecule has 0 aliphatic carbocycles. The van der Waals surface area contributed by atoms with Crippen LogP contribution in [-0.4, -0.2) is 15.8 Å². The van der Waals surface area contributed by atoms with Crippen molar-refractivity contribution in [3.63, 3.8) is 0 Å². The van der Waals surface area contributed by atoms with Crippen molar-refractivity contribution < 1.29 is 0 Å². The molecule has 1 aromatic heterocycles. The molecule has 0 aliphatic rings. The Labute approximate surface area is 136 Å². The normalized spacial score (nSPS) is 12.7. The summed E-state index contributed by atoms with van der Waals surface area (Å²) in [4.78, 5) is 0. The van der Waals surface area contributed by atoms with Crippen molar-refractivity contribution in [3.8, 4) is 5.69 Å². The van der Waals surface area contributed by atoms with E-state index in [1.165, 1.54) is 5.56 Å². The quantitative estimate of drug-likeness (QED) is 0.831. The van der Waals surface area contributed by atoms with E-state index in [1.54, 1.807) is 0 Å². The smallest absolute Gasteiger partial charge is 0.0743 e. The lowest BCUT2D eigenvalue weighted by Gasteiger charge is -2.15. The molecule has 2 N–H and O–H groups in total. The number of benzene rings is 1. The van der Waals surface area contributed by atoms with Gasteiger partial charge in [-0.3, -0.25) is 0 Å². The summed E-state index contributed by atoms with van der Waals surface area (Å²) in [6, 6.07) is 6.44. The predicted octanol–water partition coefficient (Wildman–Crippen LogP) is 4.29. The van der Waals surface area contributed by atoms with E-state index in [-0.39, 0.29) is 6.04 Å². The Bertz CT molecular complexity index is 620. The lowest BCUT2D eigenvalue weighted by molar-refractivity contribution is 0.641. The molecule has 1 unspecified atom stereocenters. The first-order valence-corrected chi connectivity index (χ1v) is 8.28. The first-order valence-electron chi connectivity index (χ1n) is 6.70. The average Bonchev–Trinajstić information content (AvgIpc) is 2.66. The van der Waals surface area contributed by atoms with Gasteiger partial charge in [-0.15, -0.1) is 0 Å². The molecule has 3 nitrogen and oxygen atoms in total. The van der Waals surface area contributed by atoms with Crippen LogP contribution in [0.25, 0.3) is 5.69 Å². The van der Waals surface area contributed by atoms with E-state index in [0.29, 0.717) is 0 Å². The van der Waals surface area contributed by atoms with E-state index in [9.17, 15) is 0 Å². The summed E-state index contributed by atoms with van der Waals surface area (Å²) in [5, 5.41) is 4.62. The van der Waals surface area contributed by atoms with Gasteiger partial charge in [0.1, 0.15) is 0 Å². The Kier molecular flexibility index (Phi) is 5.04. The van der Waals surface area contributed by atoms with Gasteiger partial charge in [-0.25, -0.2) is 4.68 Å². The number of nitrogens with two attached hydrogens (primary N) is 1. The van der Waals surface area contributed by atoms with Gasteiger partial charge >= 0.3 is 0 Å². The lowest BCUT2D eigenvalue weighted by Crippen LogP contribution is -2.22. The number of hydrogen-bond donors (Lipinski definition) is 1. The summed E-state index contributed by atoms with van der Waals surface area (Å²) in [6.45, 7) is 6.18. The number of halogens is 2. The molecule has 1 aromatic carbocycles. The maximum atomic E-state index is 6.12. The molecular formula is C15H19Br2N3. The second-order valence-electron chi connectivity index (χ2n) is 5.04. The number of nitrogens with zero attached hydrogens (tertiary/aromatic N) is 2. The third kappa shape index (κ3) is 3.15. The zero-order valence-electron chi connectivity index (χ0n) is 12.0. The Morgan fingerprint density at radius 2 is 2.00 bits per heavy atom. The van der Waals surface area contributed by atoms with Gasteiger partial charge in [-0.2, -0.15) is 5.10 Å². The molecule has 5 heteroatoms. The Hall–Kier alpha value is -0.650. The lowest BCUT2D eigenvalue weighted by atomic mass is 10.0. The Morgan fingerprint density at radius 3 is 2.55 bits per heavy atom. The van der Waals surface area contributed by atoms with E-state index in [0.717, 1.165) is 38.9 Å². The van der Waals surface area contributed by atoms with E-state index in [4.69, 9.17) is 5.73 Å². The molecule has 20 heavy (non-hydrogen) atoms. The van der Waals surface area contributed by atoms with Crippen molar-refractivity contribution in [3.05, 3.63) is 44.1 Å². The van der Waals surface area contributed by atoms with E-state index in [2.05, 4.69) is 62.9 Å². The SMILES string of the molecule is CCC(N)Cc1cc(Br)ccc1-n1nc(C)c(Br)c1C. The highest BCUT2D eigenvalue weighted by Crippen LogP contribution is 2.27. The molecule has 2 aromatic rings. The number of aryl methyl sites for hydroxylation is 1. The Morgan fingerprint density at radius 1 is 1.30 bits per heavy atom. The van der Waals surface area contributed by atoms with Crippen molar-refractivity contribution in [2.24, 2.45) is 5.73 Å². The van der Waals surface area contributed by atoms with Crippen molar-refractivity contribution >= 4 is 31.9 Å². The second kappa shape index (κ2) is 6.41. The van der Waals surface area contributed by atoms with Gasteiger partial charge < -0.3 is 5.73 Å². The van der Waals surface area contributed by atoms with Gasteiger partial charge in [0.2, 0.25) is 0 Å². The van der Waals surface area contributed by atoms with Crippen LogP contribution in [0.15, 0.2) is 27.1 Å². The van der Waals surface area contributed by atoms with Crippen LogP contribution in [0.1, 0.15) is 30.3 Å². The zero-order chi connectivity index (χ0) is 14.9. The fraction of sp³-hybridized carbons (Fsp3) is 0.400. The summed E-state index contributed by atoms with van der Waals surface area (Å²) in [5.41, 5.74) is 10.5. The van der Waals surface area contributed by atoms with Crippen molar-refractivity contribution in [1.29, 1.82) is 0 Å². The standard InChI is InChI=1S/C15H19Br2N3/c1-4-13(18)8-11-7-12(16)5-6-14(11)20-10(3)15(17)9(2)19-20/h5-7,13H,4,8,18H2,1-3H3. The molecule has 0 aliphatic heterocycles. The second-order valence-corrected chi connectivity index (χ2v) is 6.75. The number of aromatic nitrogens is 2. The zero-order valence-corrected chi connectivity index (χ0v) is 15.1. The molecule has 1 atom stereocenters. The van der Waals surface area contributed by atoms with Crippen LogP contribution in [0.3, 0.4) is 0 Å². The monoisotopic (exact) mass is 399 g/mol. The van der Waals surface area contributed by atoms with E-state index >= 15 is 0 Å². The minimum Gasteiger partial charge on any atom is -0.327 e. The van der Waals surface area contributed by atoms with Crippen LogP contribution in [-0.2, 0) is 6.42 Å². The highest BCUT2D eigenvalue weighted by molar-refractivity contribution is 9.10. The van der Waals surface area contributed by atoms with Crippen molar-refractivity contribution in [2.75, 3.05) is 0 Å². The molecule has 0 saturated carbocycles. The molecule has 2 rings (SSSR count). The third-order valence-electron chi connectivity index (χ3n) is 3.48. The minimum absolute atomic E-state index is 0.170. The number of hydrogen-bond acceptors (Lipinski definition) is 2. The van der Waals surface area contributed by atoms with Gasteiger partial charge in [0.15, 0.2) is 0 Å². The first-order chi connectivity index (χ1) is 9.43. The predicted molar refractivity (Wildman–Crippen MR) is 90.4 cm³/mol. The summed E-state index contributed by atoms with van der Waals surface area (Å²) >= 11 is 7.12. The van der Waals surface area contributed by atoms with E-state index in [1.807, 2.05) is 17.7 Å². The first kappa shape index (κ1) is 15.7. The number of rotatable bonds is 4.